The van der Waals surface area contributed by atoms with Crippen molar-refractivity contribution in [3.05, 3.63) is 65.0 Å². The molecule has 24 heavy (non-hydrogen) atoms. The zero-order valence-electron chi connectivity index (χ0n) is 14.1. The molecule has 0 spiro atoms. The van der Waals surface area contributed by atoms with E-state index in [0.717, 1.165) is 16.9 Å². The molecule has 0 heterocycles. The summed E-state index contributed by atoms with van der Waals surface area (Å²) in [6.45, 7) is 2.36. The van der Waals surface area contributed by atoms with E-state index in [-0.39, 0.29) is 17.0 Å². The Kier molecular flexibility index (Phi) is 5.24. The van der Waals surface area contributed by atoms with E-state index in [2.05, 4.69) is 18.2 Å². The fraction of sp³-hybridized carbons (Fsp3) is 0.350. The monoisotopic (exact) mass is 343 g/mol. The fourth-order valence-electron chi connectivity index (χ4n) is 3.17. The number of hydrogen-bond acceptors (Lipinski definition) is 2. The van der Waals surface area contributed by atoms with E-state index >= 15 is 0 Å². The Morgan fingerprint density at radius 2 is 2.00 bits per heavy atom. The van der Waals surface area contributed by atoms with Crippen LogP contribution in [0.3, 0.4) is 0 Å². The highest BCUT2D eigenvalue weighted by Gasteiger charge is 2.20. The average molecular weight is 343 g/mol. The van der Waals surface area contributed by atoms with Gasteiger partial charge in [-0.05, 0) is 67.1 Å². The summed E-state index contributed by atoms with van der Waals surface area (Å²) < 4.78 is 13.3. The number of thioether (sulfide) groups is 1. The van der Waals surface area contributed by atoms with Crippen LogP contribution in [-0.4, -0.2) is 23.1 Å². The minimum Gasteiger partial charge on any atom is -0.340 e. The molecule has 1 unspecified atom stereocenters. The summed E-state index contributed by atoms with van der Waals surface area (Å²) in [5, 5.41) is -0.164. The normalized spacial score (nSPS) is 14.3. The average Bonchev–Trinajstić information content (AvgIpc) is 3.01. The highest BCUT2D eigenvalue weighted by molar-refractivity contribution is 8.00. The second kappa shape index (κ2) is 7.39. The Bertz CT molecular complexity index is 746. The number of carbonyl (C=O) groups is 1. The van der Waals surface area contributed by atoms with Crippen LogP contribution in [0.1, 0.15) is 30.0 Å². The Balaban J connectivity index is 1.61. The van der Waals surface area contributed by atoms with E-state index in [1.54, 1.807) is 29.8 Å². The zero-order valence-corrected chi connectivity index (χ0v) is 14.9. The maximum absolute atomic E-state index is 13.3. The lowest BCUT2D eigenvalue weighted by molar-refractivity contribution is -0.129. The van der Waals surface area contributed by atoms with Crippen molar-refractivity contribution in [2.45, 2.75) is 42.9 Å². The second-order valence-corrected chi connectivity index (χ2v) is 7.78. The molecule has 0 saturated heterocycles. The number of amides is 1. The molecule has 2 aromatic carbocycles. The topological polar surface area (TPSA) is 20.3 Å². The predicted octanol–water partition coefficient (Wildman–Crippen LogP) is 4.45. The van der Waals surface area contributed by atoms with Crippen LogP contribution in [0, 0.1) is 5.82 Å². The molecular formula is C20H22FNOS. The number of carbonyl (C=O) groups excluding carboxylic acids is 1. The maximum atomic E-state index is 13.3. The van der Waals surface area contributed by atoms with Gasteiger partial charge in [0.05, 0.1) is 5.25 Å². The van der Waals surface area contributed by atoms with Crippen molar-refractivity contribution in [2.75, 3.05) is 7.05 Å². The largest absolute Gasteiger partial charge is 0.340 e. The van der Waals surface area contributed by atoms with E-state index in [4.69, 9.17) is 0 Å². The Hall–Kier alpha value is -1.81. The summed E-state index contributed by atoms with van der Waals surface area (Å²) >= 11 is 1.59. The molecule has 126 valence electrons. The van der Waals surface area contributed by atoms with Crippen LogP contribution in [0.15, 0.2) is 47.4 Å². The minimum absolute atomic E-state index is 0.0600. The van der Waals surface area contributed by atoms with Gasteiger partial charge in [0.1, 0.15) is 5.82 Å². The molecule has 1 amide bonds. The Morgan fingerprint density at radius 1 is 1.21 bits per heavy atom. The second-order valence-electron chi connectivity index (χ2n) is 6.37. The third-order valence-electron chi connectivity index (χ3n) is 4.42. The van der Waals surface area contributed by atoms with Gasteiger partial charge in [0.15, 0.2) is 0 Å². The summed E-state index contributed by atoms with van der Waals surface area (Å²) in [6.07, 6.45) is 3.55. The molecule has 0 fully saturated rings. The van der Waals surface area contributed by atoms with E-state index in [1.165, 1.54) is 36.1 Å². The summed E-state index contributed by atoms with van der Waals surface area (Å²) in [5.41, 5.74) is 3.68. The quantitative estimate of drug-likeness (QED) is 0.748. The first-order valence-corrected chi connectivity index (χ1v) is 9.19. The van der Waals surface area contributed by atoms with Crippen LogP contribution in [0.2, 0.25) is 0 Å². The molecule has 0 aliphatic heterocycles. The Morgan fingerprint density at radius 3 is 2.79 bits per heavy atom. The lowest BCUT2D eigenvalue weighted by Gasteiger charge is -2.21. The summed E-state index contributed by atoms with van der Waals surface area (Å²) in [6, 6.07) is 12.9. The number of rotatable bonds is 5. The van der Waals surface area contributed by atoms with Crippen molar-refractivity contribution < 1.29 is 9.18 Å². The van der Waals surface area contributed by atoms with Gasteiger partial charge in [-0.25, -0.2) is 4.39 Å². The third-order valence-corrected chi connectivity index (χ3v) is 5.50. The molecule has 3 rings (SSSR count). The van der Waals surface area contributed by atoms with E-state index < -0.39 is 0 Å². The number of hydrogen-bond donors (Lipinski definition) is 0. The molecule has 1 aliphatic carbocycles. The van der Waals surface area contributed by atoms with Crippen LogP contribution in [0.4, 0.5) is 4.39 Å². The van der Waals surface area contributed by atoms with Gasteiger partial charge in [0, 0.05) is 18.5 Å². The standard InChI is InChI=1S/C20H22FNOS/c1-14(24-19-10-9-16-6-4-7-17(16)12-19)20(23)22(2)13-15-5-3-8-18(21)11-15/h3,5,8-12,14H,4,6-7,13H2,1-2H3. The van der Waals surface area contributed by atoms with E-state index in [1.807, 2.05) is 13.0 Å². The first-order valence-electron chi connectivity index (χ1n) is 8.31. The van der Waals surface area contributed by atoms with Crippen molar-refractivity contribution >= 4 is 17.7 Å². The lowest BCUT2D eigenvalue weighted by Crippen LogP contribution is -2.32. The van der Waals surface area contributed by atoms with Crippen molar-refractivity contribution in [1.82, 2.24) is 4.90 Å². The first kappa shape index (κ1) is 17.0. The van der Waals surface area contributed by atoms with Gasteiger partial charge in [0.25, 0.3) is 0 Å². The smallest absolute Gasteiger partial charge is 0.235 e. The molecule has 0 aromatic heterocycles. The maximum Gasteiger partial charge on any atom is 0.235 e. The van der Waals surface area contributed by atoms with Gasteiger partial charge in [-0.15, -0.1) is 11.8 Å². The molecular weight excluding hydrogens is 321 g/mol. The van der Waals surface area contributed by atoms with Gasteiger partial charge in [-0.1, -0.05) is 18.2 Å². The minimum atomic E-state index is -0.270. The van der Waals surface area contributed by atoms with Crippen LogP contribution >= 0.6 is 11.8 Å². The highest BCUT2D eigenvalue weighted by atomic mass is 32.2. The summed E-state index contributed by atoms with van der Waals surface area (Å²) in [4.78, 5) is 15.4. The van der Waals surface area contributed by atoms with E-state index in [0.29, 0.717) is 6.54 Å². The fourth-order valence-corrected chi connectivity index (χ4v) is 4.22. The van der Waals surface area contributed by atoms with Crippen molar-refractivity contribution in [3.63, 3.8) is 0 Å². The van der Waals surface area contributed by atoms with Crippen LogP contribution in [-0.2, 0) is 24.2 Å². The molecule has 1 atom stereocenters. The van der Waals surface area contributed by atoms with Gasteiger partial charge < -0.3 is 4.90 Å². The first-order chi connectivity index (χ1) is 11.5. The van der Waals surface area contributed by atoms with E-state index in [9.17, 15) is 9.18 Å². The lowest BCUT2D eigenvalue weighted by atomic mass is 10.1. The zero-order chi connectivity index (χ0) is 17.1. The molecule has 2 aromatic rings. The molecule has 2 nitrogen and oxygen atoms in total. The molecule has 0 radical (unpaired) electrons. The van der Waals surface area contributed by atoms with Crippen molar-refractivity contribution in [1.29, 1.82) is 0 Å². The third kappa shape index (κ3) is 3.99. The number of nitrogens with zero attached hydrogens (tertiary/aromatic N) is 1. The SMILES string of the molecule is CC(Sc1ccc2c(c1)CCC2)C(=O)N(C)Cc1cccc(F)c1. The van der Waals surface area contributed by atoms with Gasteiger partial charge in [0.2, 0.25) is 5.91 Å². The molecule has 1 aliphatic rings. The van der Waals surface area contributed by atoms with Gasteiger partial charge in [-0.3, -0.25) is 4.79 Å². The van der Waals surface area contributed by atoms with Gasteiger partial charge >= 0.3 is 0 Å². The molecule has 0 bridgehead atoms. The van der Waals surface area contributed by atoms with Crippen LogP contribution < -0.4 is 0 Å². The molecule has 0 N–H and O–H groups in total. The number of aryl methyl sites for hydroxylation is 2. The van der Waals surface area contributed by atoms with Crippen molar-refractivity contribution in [3.8, 4) is 0 Å². The van der Waals surface area contributed by atoms with Gasteiger partial charge in [-0.2, -0.15) is 0 Å². The molecule has 0 saturated carbocycles. The summed E-state index contributed by atoms with van der Waals surface area (Å²) in [5.74, 6) is -0.210. The number of fused-ring (bicyclic) bond motifs is 1. The predicted molar refractivity (Wildman–Crippen MR) is 96.7 cm³/mol. The van der Waals surface area contributed by atoms with Crippen LogP contribution in [0.25, 0.3) is 0 Å². The van der Waals surface area contributed by atoms with Crippen LogP contribution in [0.5, 0.6) is 0 Å². The van der Waals surface area contributed by atoms with Crippen molar-refractivity contribution in [2.24, 2.45) is 0 Å². The number of benzene rings is 2. The molecule has 4 heteroatoms. The Labute approximate surface area is 147 Å². The summed E-state index contributed by atoms with van der Waals surface area (Å²) in [7, 11) is 1.77. The highest BCUT2D eigenvalue weighted by Crippen LogP contribution is 2.30. The number of halogens is 1.